The molecule has 0 radical (unpaired) electrons. The zero-order valence-electron chi connectivity index (χ0n) is 42.1. The lowest BCUT2D eigenvalue weighted by Gasteiger charge is -2.22. The number of rotatable bonds is 53. The molecule has 6 nitrogen and oxygen atoms in total. The Morgan fingerprint density at radius 2 is 0.661 bits per heavy atom. The van der Waals surface area contributed by atoms with Crippen molar-refractivity contribution >= 4 is 11.9 Å². The third-order valence-electron chi connectivity index (χ3n) is 13.4. The van der Waals surface area contributed by atoms with Crippen LogP contribution in [0.5, 0.6) is 0 Å². The van der Waals surface area contributed by atoms with Gasteiger partial charge in [0.25, 0.3) is 0 Å². The van der Waals surface area contributed by atoms with Crippen LogP contribution in [-0.4, -0.2) is 47.4 Å². The van der Waals surface area contributed by atoms with Crippen molar-refractivity contribution in [1.29, 1.82) is 0 Å². The van der Waals surface area contributed by atoms with E-state index in [1.807, 2.05) is 0 Å². The Morgan fingerprint density at radius 3 is 0.984 bits per heavy atom. The summed E-state index contributed by atoms with van der Waals surface area (Å²) in [6.07, 6.45) is 59.6. The van der Waals surface area contributed by atoms with Crippen LogP contribution in [0, 0.1) is 0 Å². The van der Waals surface area contributed by atoms with Crippen molar-refractivity contribution in [2.45, 2.75) is 334 Å². The van der Waals surface area contributed by atoms with Crippen LogP contribution in [-0.2, 0) is 14.3 Å². The van der Waals surface area contributed by atoms with E-state index in [9.17, 15) is 19.8 Å². The lowest BCUT2D eigenvalue weighted by atomic mass is 10.0. The third kappa shape index (κ3) is 48.3. The molecular weight excluding hydrogens is 767 g/mol. The maximum atomic E-state index is 12.4. The molecule has 1 amide bonds. The summed E-state index contributed by atoms with van der Waals surface area (Å²) < 4.78 is 5.48. The predicted octanol–water partition coefficient (Wildman–Crippen LogP) is 17.1. The van der Waals surface area contributed by atoms with Gasteiger partial charge in [0.1, 0.15) is 0 Å². The number of carbonyl (C=O) groups is 2. The first kappa shape index (κ1) is 60.9. The molecule has 0 aliphatic rings. The highest BCUT2D eigenvalue weighted by Gasteiger charge is 2.20. The van der Waals surface area contributed by atoms with Crippen LogP contribution >= 0.6 is 0 Å². The minimum Gasteiger partial charge on any atom is -0.466 e. The van der Waals surface area contributed by atoms with Gasteiger partial charge in [-0.25, -0.2) is 0 Å². The second-order valence-electron chi connectivity index (χ2n) is 19.6. The van der Waals surface area contributed by atoms with Gasteiger partial charge in [0.15, 0.2) is 0 Å². The molecule has 0 aromatic rings. The van der Waals surface area contributed by atoms with Gasteiger partial charge in [0.05, 0.1) is 25.4 Å². The molecule has 370 valence electrons. The number of hydrogen-bond donors (Lipinski definition) is 3. The van der Waals surface area contributed by atoms with E-state index < -0.39 is 12.1 Å². The zero-order valence-corrected chi connectivity index (χ0v) is 42.1. The van der Waals surface area contributed by atoms with Crippen LogP contribution < -0.4 is 5.32 Å². The molecule has 0 aliphatic carbocycles. The number of unbranched alkanes of at least 4 members (excludes halogenated alkanes) is 42. The van der Waals surface area contributed by atoms with Gasteiger partial charge in [-0.2, -0.15) is 0 Å². The molecule has 0 aliphatic heterocycles. The summed E-state index contributed by atoms with van der Waals surface area (Å²) in [7, 11) is 0. The zero-order chi connectivity index (χ0) is 45.1. The van der Waals surface area contributed by atoms with Crippen molar-refractivity contribution in [3.63, 3.8) is 0 Å². The van der Waals surface area contributed by atoms with Crippen molar-refractivity contribution < 1.29 is 24.5 Å². The van der Waals surface area contributed by atoms with Crippen molar-refractivity contribution in [3.8, 4) is 0 Å². The number of amides is 1. The Morgan fingerprint density at radius 1 is 0.387 bits per heavy atom. The molecule has 0 saturated carbocycles. The molecule has 62 heavy (non-hydrogen) atoms. The maximum absolute atomic E-state index is 12.4. The fourth-order valence-corrected chi connectivity index (χ4v) is 9.05. The third-order valence-corrected chi connectivity index (χ3v) is 13.4. The van der Waals surface area contributed by atoms with Crippen molar-refractivity contribution in [1.82, 2.24) is 5.32 Å². The molecule has 0 saturated heterocycles. The molecule has 3 N–H and O–H groups in total. The average molecular weight is 879 g/mol. The van der Waals surface area contributed by atoms with Gasteiger partial charge >= 0.3 is 5.97 Å². The van der Waals surface area contributed by atoms with Gasteiger partial charge in [0.2, 0.25) is 5.91 Å². The van der Waals surface area contributed by atoms with Gasteiger partial charge in [-0.3, -0.25) is 9.59 Å². The summed E-state index contributed by atoms with van der Waals surface area (Å²) in [6.45, 7) is 4.95. The van der Waals surface area contributed by atoms with Crippen LogP contribution in [0.15, 0.2) is 0 Å². The van der Waals surface area contributed by atoms with Crippen LogP contribution in [0.3, 0.4) is 0 Å². The van der Waals surface area contributed by atoms with Crippen molar-refractivity contribution in [3.05, 3.63) is 0 Å². The van der Waals surface area contributed by atoms with Crippen LogP contribution in [0.25, 0.3) is 0 Å². The van der Waals surface area contributed by atoms with E-state index in [1.54, 1.807) is 0 Å². The Bertz CT molecular complexity index is 882. The second-order valence-corrected chi connectivity index (χ2v) is 19.6. The molecule has 0 heterocycles. The Labute approximate surface area is 387 Å². The van der Waals surface area contributed by atoms with E-state index in [0.717, 1.165) is 38.5 Å². The SMILES string of the molecule is CCCCCCCCCCCCCCCC(=O)OCCCCCCCCCCCCCCCCCCCCCCCCC(=O)NC(CO)C(O)CCCCCCCCCCCC. The first-order chi connectivity index (χ1) is 30.5. The largest absolute Gasteiger partial charge is 0.466 e. The summed E-state index contributed by atoms with van der Waals surface area (Å²) in [4.78, 5) is 24.4. The average Bonchev–Trinajstić information content (AvgIpc) is 3.27. The van der Waals surface area contributed by atoms with Crippen LogP contribution in [0.4, 0.5) is 0 Å². The van der Waals surface area contributed by atoms with E-state index in [0.29, 0.717) is 25.9 Å². The Balaban J connectivity index is 3.34. The predicted molar refractivity (Wildman–Crippen MR) is 269 cm³/mol. The standard InChI is InChI=1S/C56H111NO5/c1-3-5-7-9-11-13-15-26-30-34-38-42-46-50-56(61)62-51-47-43-39-35-31-28-25-23-21-19-17-16-18-20-22-24-27-29-33-37-41-45-49-55(60)57-53(52-58)54(59)48-44-40-36-32-14-12-10-8-6-4-2/h53-54,58-59H,3-52H2,1-2H3,(H,57,60). The monoisotopic (exact) mass is 878 g/mol. The molecule has 0 fully saturated rings. The first-order valence-corrected chi connectivity index (χ1v) is 28.3. The molecule has 0 rings (SSSR count). The van der Waals surface area contributed by atoms with Gasteiger partial charge in [-0.1, -0.05) is 284 Å². The molecule has 0 aromatic carbocycles. The van der Waals surface area contributed by atoms with Gasteiger partial charge in [-0.15, -0.1) is 0 Å². The normalized spacial score (nSPS) is 12.5. The summed E-state index contributed by atoms with van der Waals surface area (Å²) in [6, 6.07) is -0.538. The summed E-state index contributed by atoms with van der Waals surface area (Å²) >= 11 is 0. The Hall–Kier alpha value is -1.14. The number of esters is 1. The number of carbonyl (C=O) groups excluding carboxylic acids is 2. The van der Waals surface area contributed by atoms with E-state index >= 15 is 0 Å². The van der Waals surface area contributed by atoms with E-state index in [4.69, 9.17) is 4.74 Å². The van der Waals surface area contributed by atoms with E-state index in [2.05, 4.69) is 19.2 Å². The minimum atomic E-state index is -0.661. The number of aliphatic hydroxyl groups excluding tert-OH is 2. The topological polar surface area (TPSA) is 95.9 Å². The lowest BCUT2D eigenvalue weighted by molar-refractivity contribution is -0.143. The van der Waals surface area contributed by atoms with Crippen LogP contribution in [0.1, 0.15) is 322 Å². The quantitative estimate of drug-likeness (QED) is 0.0418. The number of nitrogens with one attached hydrogen (secondary N) is 1. The number of aliphatic hydroxyl groups is 2. The smallest absolute Gasteiger partial charge is 0.305 e. The van der Waals surface area contributed by atoms with Crippen LogP contribution in [0.2, 0.25) is 0 Å². The summed E-state index contributed by atoms with van der Waals surface area (Å²) in [5.41, 5.74) is 0. The summed E-state index contributed by atoms with van der Waals surface area (Å²) in [5.74, 6) is -0.0200. The highest BCUT2D eigenvalue weighted by molar-refractivity contribution is 5.76. The van der Waals surface area contributed by atoms with Gasteiger partial charge in [0, 0.05) is 12.8 Å². The molecular formula is C56H111NO5. The van der Waals surface area contributed by atoms with Crippen molar-refractivity contribution in [2.24, 2.45) is 0 Å². The minimum absolute atomic E-state index is 0.0153. The molecule has 0 bridgehead atoms. The highest BCUT2D eigenvalue weighted by Crippen LogP contribution is 2.18. The number of ether oxygens (including phenoxy) is 1. The molecule has 0 aromatic heterocycles. The van der Waals surface area contributed by atoms with E-state index in [1.165, 1.54) is 250 Å². The highest BCUT2D eigenvalue weighted by atomic mass is 16.5. The Kier molecular flexibility index (Phi) is 51.5. The number of hydrogen-bond acceptors (Lipinski definition) is 5. The molecule has 6 heteroatoms. The molecule has 0 spiro atoms. The first-order valence-electron chi connectivity index (χ1n) is 28.3. The summed E-state index contributed by atoms with van der Waals surface area (Å²) in [5, 5.41) is 23.1. The second kappa shape index (κ2) is 52.5. The van der Waals surface area contributed by atoms with Gasteiger partial charge < -0.3 is 20.3 Å². The van der Waals surface area contributed by atoms with Gasteiger partial charge in [-0.05, 0) is 25.7 Å². The lowest BCUT2D eigenvalue weighted by Crippen LogP contribution is -2.45. The fraction of sp³-hybridized carbons (Fsp3) is 0.964. The fourth-order valence-electron chi connectivity index (χ4n) is 9.05. The maximum Gasteiger partial charge on any atom is 0.305 e. The molecule has 2 atom stereocenters. The molecule has 2 unspecified atom stereocenters. The van der Waals surface area contributed by atoms with Crippen molar-refractivity contribution in [2.75, 3.05) is 13.2 Å². The van der Waals surface area contributed by atoms with E-state index in [-0.39, 0.29) is 18.5 Å².